The van der Waals surface area contributed by atoms with Crippen molar-refractivity contribution in [2.24, 2.45) is 7.05 Å². The number of aromatic nitrogens is 2. The SMILES string of the molecule is COc1ccc([C@@H](NS(=O)(=O)c2cccs2)c2nccn2C)cc1. The highest BCUT2D eigenvalue weighted by atomic mass is 32.2. The molecule has 6 nitrogen and oxygen atoms in total. The van der Waals surface area contributed by atoms with Gasteiger partial charge in [-0.05, 0) is 29.1 Å². The summed E-state index contributed by atoms with van der Waals surface area (Å²) in [5.41, 5.74) is 0.783. The number of thiophene rings is 1. The van der Waals surface area contributed by atoms with Crippen molar-refractivity contribution in [3.05, 3.63) is 65.6 Å². The summed E-state index contributed by atoms with van der Waals surface area (Å²) in [6, 6.07) is 9.95. The Morgan fingerprint density at radius 2 is 2.00 bits per heavy atom. The van der Waals surface area contributed by atoms with Crippen molar-refractivity contribution in [2.75, 3.05) is 7.11 Å². The lowest BCUT2D eigenvalue weighted by Crippen LogP contribution is -2.30. The van der Waals surface area contributed by atoms with Crippen LogP contribution in [0.25, 0.3) is 0 Å². The highest BCUT2D eigenvalue weighted by molar-refractivity contribution is 7.91. The molecule has 0 radical (unpaired) electrons. The Bertz CT molecular complexity index is 900. The van der Waals surface area contributed by atoms with Crippen LogP contribution in [0.15, 0.2) is 58.4 Å². The first-order chi connectivity index (χ1) is 11.5. The lowest BCUT2D eigenvalue weighted by atomic mass is 10.1. The zero-order valence-corrected chi connectivity index (χ0v) is 14.8. The number of benzene rings is 1. The lowest BCUT2D eigenvalue weighted by molar-refractivity contribution is 0.414. The number of sulfonamides is 1. The van der Waals surface area contributed by atoms with E-state index in [1.54, 1.807) is 53.7 Å². The van der Waals surface area contributed by atoms with Crippen molar-refractivity contribution in [2.45, 2.75) is 10.3 Å². The molecule has 0 spiro atoms. The molecule has 1 aromatic carbocycles. The monoisotopic (exact) mass is 363 g/mol. The number of hydrogen-bond donors (Lipinski definition) is 1. The molecule has 2 aromatic heterocycles. The molecule has 3 aromatic rings. The van der Waals surface area contributed by atoms with Crippen LogP contribution in [-0.2, 0) is 17.1 Å². The third-order valence-electron chi connectivity index (χ3n) is 3.60. The molecular weight excluding hydrogens is 346 g/mol. The number of hydrogen-bond acceptors (Lipinski definition) is 5. The van der Waals surface area contributed by atoms with Gasteiger partial charge in [-0.15, -0.1) is 11.3 Å². The smallest absolute Gasteiger partial charge is 0.251 e. The molecule has 1 N–H and O–H groups in total. The second kappa shape index (κ2) is 6.76. The summed E-state index contributed by atoms with van der Waals surface area (Å²) in [5, 5.41) is 1.73. The predicted octanol–water partition coefficient (Wildman–Crippen LogP) is 2.56. The summed E-state index contributed by atoms with van der Waals surface area (Å²) in [5.74, 6) is 1.32. The Balaban J connectivity index is 2.01. The molecule has 2 heterocycles. The van der Waals surface area contributed by atoms with Crippen LogP contribution in [0.1, 0.15) is 17.4 Å². The van der Waals surface area contributed by atoms with Gasteiger partial charge < -0.3 is 9.30 Å². The fraction of sp³-hybridized carbons (Fsp3) is 0.188. The number of rotatable bonds is 6. The van der Waals surface area contributed by atoms with Gasteiger partial charge in [0.2, 0.25) is 0 Å². The van der Waals surface area contributed by atoms with E-state index in [9.17, 15) is 8.42 Å². The van der Waals surface area contributed by atoms with Gasteiger partial charge in [0.15, 0.2) is 0 Å². The number of methoxy groups -OCH3 is 1. The van der Waals surface area contributed by atoms with Crippen molar-refractivity contribution < 1.29 is 13.2 Å². The lowest BCUT2D eigenvalue weighted by Gasteiger charge is -2.19. The molecule has 3 rings (SSSR count). The normalized spacial score (nSPS) is 12.9. The van der Waals surface area contributed by atoms with Crippen LogP contribution in [0.2, 0.25) is 0 Å². The average molecular weight is 363 g/mol. The maximum absolute atomic E-state index is 12.6. The van der Waals surface area contributed by atoms with Gasteiger partial charge >= 0.3 is 0 Å². The van der Waals surface area contributed by atoms with Crippen LogP contribution in [0, 0.1) is 0 Å². The standard InChI is InChI=1S/C16H17N3O3S2/c1-19-10-9-17-16(19)15(12-5-7-13(22-2)8-6-12)18-24(20,21)14-4-3-11-23-14/h3-11,15,18H,1-2H3/t15-/m1/s1. The molecule has 126 valence electrons. The average Bonchev–Trinajstić information content (AvgIpc) is 3.25. The van der Waals surface area contributed by atoms with Crippen LogP contribution in [0.3, 0.4) is 0 Å². The number of imidazole rings is 1. The first-order valence-corrected chi connectivity index (χ1v) is 9.54. The molecule has 0 saturated carbocycles. The molecule has 1 atom stereocenters. The maximum Gasteiger partial charge on any atom is 0.251 e. The minimum atomic E-state index is -3.64. The van der Waals surface area contributed by atoms with E-state index < -0.39 is 16.1 Å². The molecule has 0 aliphatic carbocycles. The number of aryl methyl sites for hydroxylation is 1. The summed E-state index contributed by atoms with van der Waals surface area (Å²) in [7, 11) is -0.219. The third-order valence-corrected chi connectivity index (χ3v) is 6.42. The highest BCUT2D eigenvalue weighted by Crippen LogP contribution is 2.26. The molecule has 0 aliphatic rings. The van der Waals surface area contributed by atoms with Crippen molar-refractivity contribution >= 4 is 21.4 Å². The first kappa shape index (κ1) is 16.7. The van der Waals surface area contributed by atoms with E-state index in [1.165, 1.54) is 11.3 Å². The zero-order valence-electron chi connectivity index (χ0n) is 13.2. The number of nitrogens with one attached hydrogen (secondary N) is 1. The van der Waals surface area contributed by atoms with Gasteiger partial charge in [0, 0.05) is 19.4 Å². The second-order valence-corrected chi connectivity index (χ2v) is 8.04. The fourth-order valence-corrected chi connectivity index (χ4v) is 4.54. The van der Waals surface area contributed by atoms with E-state index in [-0.39, 0.29) is 4.21 Å². The van der Waals surface area contributed by atoms with Crippen molar-refractivity contribution in [1.29, 1.82) is 0 Å². The van der Waals surface area contributed by atoms with Crippen molar-refractivity contribution in [3.8, 4) is 5.75 Å². The predicted molar refractivity (Wildman–Crippen MR) is 92.7 cm³/mol. The number of ether oxygens (including phenoxy) is 1. The summed E-state index contributed by atoms with van der Waals surface area (Å²) in [6.45, 7) is 0. The first-order valence-electron chi connectivity index (χ1n) is 7.18. The molecule has 0 saturated heterocycles. The fourth-order valence-electron chi connectivity index (χ4n) is 2.35. The van der Waals surface area contributed by atoms with Crippen LogP contribution in [0.5, 0.6) is 5.75 Å². The van der Waals surface area contributed by atoms with Crippen LogP contribution in [-0.4, -0.2) is 25.1 Å². The van der Waals surface area contributed by atoms with Crippen molar-refractivity contribution in [3.63, 3.8) is 0 Å². The summed E-state index contributed by atoms with van der Waals surface area (Å²) in [6.07, 6.45) is 3.43. The summed E-state index contributed by atoms with van der Waals surface area (Å²) < 4.78 is 35.3. The molecular formula is C16H17N3O3S2. The zero-order chi connectivity index (χ0) is 17.2. The van der Waals surface area contributed by atoms with Crippen LogP contribution < -0.4 is 9.46 Å². The van der Waals surface area contributed by atoms with Gasteiger partial charge in [-0.25, -0.2) is 13.4 Å². The van der Waals surface area contributed by atoms with Gasteiger partial charge in [0.1, 0.15) is 21.8 Å². The van der Waals surface area contributed by atoms with E-state index in [2.05, 4.69) is 9.71 Å². The third kappa shape index (κ3) is 3.35. The molecule has 8 heteroatoms. The number of nitrogens with zero attached hydrogens (tertiary/aromatic N) is 2. The molecule has 0 unspecified atom stereocenters. The quantitative estimate of drug-likeness (QED) is 0.730. The Kier molecular flexibility index (Phi) is 4.70. The van der Waals surface area contributed by atoms with Gasteiger partial charge in [-0.2, -0.15) is 4.72 Å². The summed E-state index contributed by atoms with van der Waals surface area (Å²) >= 11 is 1.18. The summed E-state index contributed by atoms with van der Waals surface area (Å²) in [4.78, 5) is 4.31. The maximum atomic E-state index is 12.6. The molecule has 0 fully saturated rings. The van der Waals surface area contributed by atoms with Crippen molar-refractivity contribution in [1.82, 2.24) is 14.3 Å². The minimum absolute atomic E-state index is 0.273. The second-order valence-electron chi connectivity index (χ2n) is 5.16. The van der Waals surface area contributed by atoms with Gasteiger partial charge in [0.05, 0.1) is 7.11 Å². The van der Waals surface area contributed by atoms with Crippen LogP contribution in [0.4, 0.5) is 0 Å². The topological polar surface area (TPSA) is 73.2 Å². The van der Waals surface area contributed by atoms with E-state index in [0.29, 0.717) is 11.6 Å². The largest absolute Gasteiger partial charge is 0.497 e. The Labute approximate surface area is 144 Å². The highest BCUT2D eigenvalue weighted by Gasteiger charge is 2.26. The van der Waals surface area contributed by atoms with Gasteiger partial charge in [-0.1, -0.05) is 18.2 Å². The van der Waals surface area contributed by atoms with E-state index in [4.69, 9.17) is 4.74 Å². The van der Waals surface area contributed by atoms with Gasteiger partial charge in [0.25, 0.3) is 10.0 Å². The van der Waals surface area contributed by atoms with Gasteiger partial charge in [-0.3, -0.25) is 0 Å². The Hall–Kier alpha value is -2.16. The Morgan fingerprint density at radius 1 is 1.25 bits per heavy atom. The van der Waals surface area contributed by atoms with E-state index in [1.807, 2.05) is 19.2 Å². The minimum Gasteiger partial charge on any atom is -0.497 e. The molecule has 0 bridgehead atoms. The molecule has 0 aliphatic heterocycles. The Morgan fingerprint density at radius 3 is 2.54 bits per heavy atom. The van der Waals surface area contributed by atoms with E-state index in [0.717, 1.165) is 5.56 Å². The molecule has 24 heavy (non-hydrogen) atoms. The molecule has 0 amide bonds. The van der Waals surface area contributed by atoms with E-state index >= 15 is 0 Å². The van der Waals surface area contributed by atoms with Crippen LogP contribution >= 0.6 is 11.3 Å².